The lowest BCUT2D eigenvalue weighted by atomic mass is 10.0. The van der Waals surface area contributed by atoms with Crippen molar-refractivity contribution in [2.75, 3.05) is 13.2 Å². The fourth-order valence-corrected chi connectivity index (χ4v) is 10.7. The van der Waals surface area contributed by atoms with Gasteiger partial charge in [0, 0.05) is 46.8 Å². The van der Waals surface area contributed by atoms with Gasteiger partial charge in [-0.2, -0.15) is 0 Å². The highest BCUT2D eigenvalue weighted by Gasteiger charge is 2.15. The van der Waals surface area contributed by atoms with Gasteiger partial charge in [-0.05, 0) is 110 Å². The van der Waals surface area contributed by atoms with Crippen LogP contribution in [0.1, 0.15) is 267 Å². The average molecular weight is 1200 g/mol. The van der Waals surface area contributed by atoms with Crippen LogP contribution < -0.4 is 18.9 Å². The topological polar surface area (TPSA) is 153 Å². The van der Waals surface area contributed by atoms with E-state index in [2.05, 4.69) is 23.8 Å². The van der Waals surface area contributed by atoms with Gasteiger partial charge in [-0.15, -0.1) is 0 Å². The molecule has 0 aliphatic heterocycles. The first-order valence-electron chi connectivity index (χ1n) is 33.6. The smallest absolute Gasteiger partial charge is 0.343 e. The predicted molar refractivity (Wildman–Crippen MR) is 360 cm³/mol. The second-order valence-corrected chi connectivity index (χ2v) is 23.5. The molecule has 0 saturated carbocycles. The highest BCUT2D eigenvalue weighted by molar-refractivity contribution is 6.10. The van der Waals surface area contributed by atoms with Crippen molar-refractivity contribution in [2.24, 2.45) is 9.98 Å². The van der Waals surface area contributed by atoms with Crippen LogP contribution in [0.3, 0.4) is 0 Å². The standard InChI is InChI=1S/C77H100N2O9/c1-3-5-7-9-11-13-15-17-19-21-23-25-27-29-31-33-53-85-69-47-41-61(42-48-69)76(83)87-71-51-45-65(73(80)57-71)59-78-67-39-35-37-63(55-67)75(82)64-38-36-40-68(56-64)79-60-66-46-52-72(58-74(66)81)88-77(84)62-43-49-70(50-44-62)86-54-34-32-30-28-26-24-22-20-18-16-14-12-10-8-6-4-2/h35-52,55-60,80-81H,3-34,53-54H2,1-2H3. The van der Waals surface area contributed by atoms with Gasteiger partial charge in [0.15, 0.2) is 5.78 Å². The number of aromatic hydroxyl groups is 2. The predicted octanol–water partition coefficient (Wildman–Crippen LogP) is 21.5. The van der Waals surface area contributed by atoms with E-state index in [0.29, 0.717) is 69.5 Å². The molecule has 6 rings (SSSR count). The van der Waals surface area contributed by atoms with Crippen LogP contribution in [-0.2, 0) is 0 Å². The van der Waals surface area contributed by atoms with Crippen molar-refractivity contribution >= 4 is 41.5 Å². The summed E-state index contributed by atoms with van der Waals surface area (Å²) < 4.78 is 23.0. The maximum atomic E-state index is 13.7. The first-order valence-corrected chi connectivity index (χ1v) is 33.6. The Bertz CT molecular complexity index is 2800. The first-order chi connectivity index (χ1) is 43.2. The highest BCUT2D eigenvalue weighted by Crippen LogP contribution is 2.28. The van der Waals surface area contributed by atoms with Gasteiger partial charge in [0.1, 0.15) is 34.5 Å². The van der Waals surface area contributed by atoms with E-state index in [1.54, 1.807) is 121 Å². The summed E-state index contributed by atoms with van der Waals surface area (Å²) in [5.74, 6) is 0.106. The number of ether oxygens (including phenoxy) is 4. The number of phenols is 2. The van der Waals surface area contributed by atoms with Gasteiger partial charge in [0.2, 0.25) is 0 Å². The van der Waals surface area contributed by atoms with Crippen LogP contribution in [0.2, 0.25) is 0 Å². The molecule has 0 aromatic heterocycles. The average Bonchev–Trinajstić information content (AvgIpc) is 3.06. The van der Waals surface area contributed by atoms with Gasteiger partial charge in [-0.1, -0.05) is 231 Å². The molecular weight excluding hydrogens is 1100 g/mol. The summed E-state index contributed by atoms with van der Waals surface area (Å²) in [5, 5.41) is 21.7. The number of hydrogen-bond donors (Lipinski definition) is 2. The fraction of sp³-hybridized carbons (Fsp3) is 0.468. The van der Waals surface area contributed by atoms with Crippen LogP contribution in [0, 0.1) is 0 Å². The molecule has 2 N–H and O–H groups in total. The molecule has 0 fully saturated rings. The van der Waals surface area contributed by atoms with Gasteiger partial charge in [0.05, 0.1) is 35.7 Å². The van der Waals surface area contributed by atoms with E-state index in [9.17, 15) is 24.6 Å². The second kappa shape index (κ2) is 42.4. The minimum atomic E-state index is -0.561. The SMILES string of the molecule is CCCCCCCCCCCCCCCCCCOc1ccc(C(=O)Oc2ccc(C=Nc3cccc(C(=O)c4cccc(N=Cc5ccc(OC(=O)c6ccc(OCCCCCCCCCCCCCCCCCC)cc6)cc5O)c4)c3)c(O)c2)cc1. The zero-order valence-corrected chi connectivity index (χ0v) is 53.0. The zero-order valence-electron chi connectivity index (χ0n) is 53.0. The first kappa shape index (κ1) is 69.6. The molecule has 11 nitrogen and oxygen atoms in total. The lowest BCUT2D eigenvalue weighted by Crippen LogP contribution is -2.08. The van der Waals surface area contributed by atoms with Crippen LogP contribution >= 0.6 is 0 Å². The molecule has 0 spiro atoms. The van der Waals surface area contributed by atoms with Gasteiger partial charge in [-0.3, -0.25) is 14.8 Å². The normalized spacial score (nSPS) is 11.4. The van der Waals surface area contributed by atoms with Crippen LogP contribution in [0.5, 0.6) is 34.5 Å². The number of unbranched alkanes of at least 4 members (excludes halogenated alkanes) is 30. The third-order valence-corrected chi connectivity index (χ3v) is 16.1. The minimum absolute atomic E-state index is 0.137. The van der Waals surface area contributed by atoms with Crippen LogP contribution in [0.4, 0.5) is 11.4 Å². The van der Waals surface area contributed by atoms with Crippen LogP contribution in [0.15, 0.2) is 143 Å². The molecule has 0 unspecified atom stereocenters. The van der Waals surface area contributed by atoms with Crippen molar-refractivity contribution in [1.29, 1.82) is 0 Å². The third-order valence-electron chi connectivity index (χ3n) is 16.1. The maximum Gasteiger partial charge on any atom is 0.343 e. The largest absolute Gasteiger partial charge is 0.507 e. The molecule has 88 heavy (non-hydrogen) atoms. The van der Waals surface area contributed by atoms with Gasteiger partial charge in [-0.25, -0.2) is 9.59 Å². The van der Waals surface area contributed by atoms with Crippen molar-refractivity contribution in [1.82, 2.24) is 0 Å². The monoisotopic (exact) mass is 1200 g/mol. The Labute approximate surface area is 526 Å². The number of aliphatic imine (C=N–C) groups is 2. The molecule has 0 aliphatic carbocycles. The van der Waals surface area contributed by atoms with E-state index in [0.717, 1.165) is 25.7 Å². The van der Waals surface area contributed by atoms with E-state index in [4.69, 9.17) is 18.9 Å². The Morgan fingerprint density at radius 2 is 0.636 bits per heavy atom. The van der Waals surface area contributed by atoms with Gasteiger partial charge in [0.25, 0.3) is 0 Å². The Kier molecular flexibility index (Phi) is 33.5. The molecule has 11 heteroatoms. The van der Waals surface area contributed by atoms with E-state index < -0.39 is 11.9 Å². The van der Waals surface area contributed by atoms with E-state index >= 15 is 0 Å². The number of ketones is 1. The van der Waals surface area contributed by atoms with Crippen molar-refractivity contribution in [2.45, 2.75) is 219 Å². The molecule has 472 valence electrons. The summed E-state index contributed by atoms with van der Waals surface area (Å²) >= 11 is 0. The number of benzene rings is 6. The fourth-order valence-electron chi connectivity index (χ4n) is 10.7. The van der Waals surface area contributed by atoms with Crippen molar-refractivity contribution in [3.63, 3.8) is 0 Å². The Morgan fingerprint density at radius 3 is 0.943 bits per heavy atom. The molecule has 0 radical (unpaired) electrons. The van der Waals surface area contributed by atoms with Gasteiger partial charge >= 0.3 is 11.9 Å². The van der Waals surface area contributed by atoms with E-state index in [-0.39, 0.29) is 28.8 Å². The molecular formula is C77H100N2O9. The minimum Gasteiger partial charge on any atom is -0.507 e. The number of nitrogens with zero attached hydrogens (tertiary/aromatic N) is 2. The highest BCUT2D eigenvalue weighted by atomic mass is 16.5. The summed E-state index contributed by atoms with van der Waals surface area (Å²) in [6.45, 7) is 5.82. The lowest BCUT2D eigenvalue weighted by molar-refractivity contribution is 0.0724. The number of esters is 2. The zero-order chi connectivity index (χ0) is 62.1. The number of carbonyl (C=O) groups is 3. The number of carbonyl (C=O) groups excluding carboxylic acids is 3. The molecule has 0 bridgehead atoms. The van der Waals surface area contributed by atoms with Crippen molar-refractivity contribution < 1.29 is 43.5 Å². The molecule has 0 aliphatic rings. The Morgan fingerprint density at radius 1 is 0.341 bits per heavy atom. The lowest BCUT2D eigenvalue weighted by Gasteiger charge is -2.09. The van der Waals surface area contributed by atoms with Crippen molar-refractivity contribution in [3.8, 4) is 34.5 Å². The van der Waals surface area contributed by atoms with E-state index in [1.165, 1.54) is 204 Å². The number of hydrogen-bond acceptors (Lipinski definition) is 11. The summed E-state index contributed by atoms with van der Waals surface area (Å²) in [5.41, 5.74) is 3.24. The van der Waals surface area contributed by atoms with E-state index in [1.807, 2.05) is 0 Å². The second-order valence-electron chi connectivity index (χ2n) is 23.5. The number of phenolic OH excluding ortho intramolecular Hbond substituents is 2. The summed E-state index contributed by atoms with van der Waals surface area (Å²) in [4.78, 5) is 48.7. The quantitative estimate of drug-likeness (QED) is 0.0125. The third kappa shape index (κ3) is 27.7. The summed E-state index contributed by atoms with van der Waals surface area (Å²) in [7, 11) is 0. The Balaban J connectivity index is 0.850. The Hall–Kier alpha value is -7.53. The summed E-state index contributed by atoms with van der Waals surface area (Å²) in [6, 6.07) is 36.5. The van der Waals surface area contributed by atoms with Crippen LogP contribution in [-0.4, -0.2) is 53.6 Å². The molecule has 6 aromatic rings. The molecule has 0 amide bonds. The van der Waals surface area contributed by atoms with Gasteiger partial charge < -0.3 is 29.2 Å². The summed E-state index contributed by atoms with van der Waals surface area (Å²) in [6.07, 6.45) is 45.3. The van der Waals surface area contributed by atoms with Crippen molar-refractivity contribution in [3.05, 3.63) is 167 Å². The molecule has 0 heterocycles. The molecule has 6 aromatic carbocycles. The van der Waals surface area contributed by atoms with Crippen LogP contribution in [0.25, 0.3) is 0 Å². The maximum absolute atomic E-state index is 13.7. The number of rotatable bonds is 46. The molecule has 0 atom stereocenters. The molecule has 0 saturated heterocycles.